The molecule has 2 N–H and O–H groups in total. The molecule has 0 radical (unpaired) electrons. The van der Waals surface area contributed by atoms with Crippen molar-refractivity contribution in [2.75, 3.05) is 48.4 Å². The Morgan fingerprint density at radius 1 is 1.20 bits per heavy atom. The second-order valence-corrected chi connectivity index (χ2v) is 11.3. The summed E-state index contributed by atoms with van der Waals surface area (Å²) in [6.07, 6.45) is -1.96. The maximum Gasteiger partial charge on any atom is 0.401 e. The first-order valence-electron chi connectivity index (χ1n) is 13.5. The molecule has 1 aromatic heterocycles. The molecule has 2 unspecified atom stereocenters. The van der Waals surface area contributed by atoms with Crippen LogP contribution >= 0.6 is 0 Å². The number of carbonyl (C=O) groups is 1. The highest BCUT2D eigenvalue weighted by Crippen LogP contribution is 2.61. The molecular weight excluding hydrogens is 537 g/mol. The van der Waals surface area contributed by atoms with E-state index in [1.54, 1.807) is 6.07 Å². The number of piperidine rings is 1. The number of rotatable bonds is 4. The Morgan fingerprint density at radius 3 is 2.75 bits per heavy atom. The number of aromatic nitrogens is 1. The molecule has 1 saturated carbocycles. The molecule has 13 heteroatoms. The van der Waals surface area contributed by atoms with Gasteiger partial charge in [-0.25, -0.2) is 13.8 Å². The summed E-state index contributed by atoms with van der Waals surface area (Å²) in [5.41, 5.74) is 0.976. The second kappa shape index (κ2) is 9.25. The number of nitrogens with zero attached hydrogens (tertiary/aromatic N) is 3. The molecule has 1 amide bonds. The van der Waals surface area contributed by atoms with Gasteiger partial charge in [-0.15, -0.1) is 0 Å². The highest BCUT2D eigenvalue weighted by molar-refractivity contribution is 6.00. The number of fused-ring (bicyclic) bond motifs is 3. The summed E-state index contributed by atoms with van der Waals surface area (Å²) < 4.78 is 80.0. The lowest BCUT2D eigenvalue weighted by Crippen LogP contribution is -2.45. The molecule has 1 spiro atoms. The zero-order chi connectivity index (χ0) is 27.8. The summed E-state index contributed by atoms with van der Waals surface area (Å²) in [6.45, 7) is 0.274. The molecule has 0 bridgehead atoms. The molecule has 40 heavy (non-hydrogen) atoms. The van der Waals surface area contributed by atoms with Crippen molar-refractivity contribution in [2.24, 2.45) is 11.8 Å². The van der Waals surface area contributed by atoms with E-state index in [9.17, 15) is 22.4 Å². The quantitative estimate of drug-likeness (QED) is 0.539. The number of anilines is 4. The van der Waals surface area contributed by atoms with Crippen LogP contribution in [0.4, 0.5) is 44.8 Å². The lowest BCUT2D eigenvalue weighted by molar-refractivity contribution is -0.149. The molecule has 214 valence electrons. The second-order valence-electron chi connectivity index (χ2n) is 11.3. The summed E-state index contributed by atoms with van der Waals surface area (Å²) in [7, 11) is 0. The van der Waals surface area contributed by atoms with E-state index >= 15 is 4.39 Å². The molecule has 8 nitrogen and oxygen atoms in total. The Morgan fingerprint density at radius 2 is 2.00 bits per heavy atom. The normalized spacial score (nSPS) is 29.6. The van der Waals surface area contributed by atoms with E-state index in [0.717, 1.165) is 12.6 Å². The smallest absolute Gasteiger partial charge is 0.377 e. The van der Waals surface area contributed by atoms with Crippen LogP contribution in [0.3, 0.4) is 0 Å². The number of benzene rings is 1. The number of amides is 1. The Kier molecular flexibility index (Phi) is 5.99. The highest BCUT2D eigenvalue weighted by atomic mass is 19.4. The van der Waals surface area contributed by atoms with Crippen molar-refractivity contribution in [3.8, 4) is 0 Å². The molecule has 4 aliphatic heterocycles. The third-order valence-electron chi connectivity index (χ3n) is 8.86. The van der Waals surface area contributed by atoms with E-state index < -0.39 is 30.3 Å². The lowest BCUT2D eigenvalue weighted by atomic mass is 9.94. The Bertz CT molecular complexity index is 1350. The minimum atomic E-state index is -4.31. The fourth-order valence-corrected chi connectivity index (χ4v) is 6.89. The van der Waals surface area contributed by atoms with Gasteiger partial charge in [0.25, 0.3) is 0 Å². The van der Waals surface area contributed by atoms with Gasteiger partial charge in [0.15, 0.2) is 0 Å². The third-order valence-corrected chi connectivity index (χ3v) is 8.86. The van der Waals surface area contributed by atoms with Crippen LogP contribution < -0.4 is 15.5 Å². The van der Waals surface area contributed by atoms with Crippen molar-refractivity contribution in [1.82, 2.24) is 9.88 Å². The molecule has 5 heterocycles. The van der Waals surface area contributed by atoms with Crippen LogP contribution in [0.1, 0.15) is 24.8 Å². The Labute approximate surface area is 226 Å². The monoisotopic (exact) mass is 565 g/mol. The van der Waals surface area contributed by atoms with Crippen molar-refractivity contribution in [2.45, 2.75) is 49.7 Å². The van der Waals surface area contributed by atoms with Gasteiger partial charge in [-0.1, -0.05) is 0 Å². The van der Waals surface area contributed by atoms with E-state index in [0.29, 0.717) is 30.3 Å². The number of ether oxygens (including phenoxy) is 2. The first-order valence-corrected chi connectivity index (χ1v) is 13.5. The van der Waals surface area contributed by atoms with Gasteiger partial charge in [0, 0.05) is 36.5 Å². The van der Waals surface area contributed by atoms with E-state index in [2.05, 4.69) is 15.6 Å². The maximum atomic E-state index is 15.4. The van der Waals surface area contributed by atoms with Crippen molar-refractivity contribution < 1.29 is 36.2 Å². The fraction of sp³-hybridized carbons (Fsp3) is 0.556. The number of carbonyl (C=O) groups excluding carboxylic acids is 1. The van der Waals surface area contributed by atoms with Crippen molar-refractivity contribution in [1.29, 1.82) is 0 Å². The number of likely N-dealkylation sites (tertiary alicyclic amines) is 1. The summed E-state index contributed by atoms with van der Waals surface area (Å²) in [6, 6.07) is 3.94. The molecule has 2 aromatic rings. The molecule has 5 aliphatic rings. The van der Waals surface area contributed by atoms with E-state index in [1.165, 1.54) is 21.9 Å². The van der Waals surface area contributed by atoms with Crippen molar-refractivity contribution in [3.05, 3.63) is 41.6 Å². The van der Waals surface area contributed by atoms with Gasteiger partial charge >= 0.3 is 6.18 Å². The van der Waals surface area contributed by atoms with E-state index in [1.807, 2.05) is 0 Å². The van der Waals surface area contributed by atoms with Gasteiger partial charge in [0.1, 0.15) is 23.1 Å². The van der Waals surface area contributed by atoms with E-state index in [-0.39, 0.29) is 73.4 Å². The standard InChI is InChI=1S/C27H28F5N5O3/c28-16-7-15-11-37(25(38)14-1-4-36(5-2-14)13-27(30,31)32)21-9-18(17(29)8-19(21)35-24(15)33-10-16)34-20-12-40-26-3-6-39-23(26)22(20)26/h7-10,14,20,22-23,34H,1-6,11-13H2,(H,33,35)/t20-,22?,23-,26?/m1/s1. The van der Waals surface area contributed by atoms with Crippen LogP contribution in [0, 0.1) is 23.5 Å². The van der Waals surface area contributed by atoms with Gasteiger partial charge in [0.05, 0.1) is 55.1 Å². The molecule has 3 saturated heterocycles. The molecule has 7 rings (SSSR count). The topological polar surface area (TPSA) is 79.0 Å². The average molecular weight is 566 g/mol. The van der Waals surface area contributed by atoms with Gasteiger partial charge < -0.3 is 25.0 Å². The number of hydrogen-bond acceptors (Lipinski definition) is 7. The van der Waals surface area contributed by atoms with Crippen LogP contribution in [0.2, 0.25) is 0 Å². The Hall–Kier alpha value is -3.03. The third kappa shape index (κ3) is 4.38. The van der Waals surface area contributed by atoms with Crippen LogP contribution in [0.25, 0.3) is 0 Å². The lowest BCUT2D eigenvalue weighted by Gasteiger charge is -2.34. The average Bonchev–Trinajstić information content (AvgIpc) is 3.15. The number of pyridine rings is 1. The Balaban J connectivity index is 1.17. The summed E-state index contributed by atoms with van der Waals surface area (Å²) in [5, 5.41) is 6.30. The highest BCUT2D eigenvalue weighted by Gasteiger charge is 2.76. The number of alkyl halides is 3. The molecular formula is C27H28F5N5O3. The minimum absolute atomic E-state index is 0.000985. The summed E-state index contributed by atoms with van der Waals surface area (Å²) in [4.78, 5) is 20.7. The first-order chi connectivity index (χ1) is 19.1. The summed E-state index contributed by atoms with van der Waals surface area (Å²) in [5.74, 6) is -1.55. The molecule has 1 aliphatic carbocycles. The van der Waals surface area contributed by atoms with Gasteiger partial charge in [0.2, 0.25) is 5.91 Å². The summed E-state index contributed by atoms with van der Waals surface area (Å²) >= 11 is 0. The predicted octanol–water partition coefficient (Wildman–Crippen LogP) is 4.19. The van der Waals surface area contributed by atoms with Gasteiger partial charge in [-0.3, -0.25) is 9.69 Å². The largest absolute Gasteiger partial charge is 0.401 e. The SMILES string of the molecule is O=C(C1CCN(CC(F)(F)F)CC1)N1Cc2cc(F)cnc2Nc2cc(F)c(N[C@@H]3COC45CCO[C@@H]4C35)cc21. The van der Waals surface area contributed by atoms with Crippen molar-refractivity contribution in [3.63, 3.8) is 0 Å². The van der Waals surface area contributed by atoms with Crippen LogP contribution in [-0.4, -0.2) is 72.6 Å². The number of nitrogens with one attached hydrogen (secondary N) is 2. The number of halogens is 5. The van der Waals surface area contributed by atoms with E-state index in [4.69, 9.17) is 9.47 Å². The van der Waals surface area contributed by atoms with Crippen LogP contribution in [0.5, 0.6) is 0 Å². The zero-order valence-electron chi connectivity index (χ0n) is 21.4. The zero-order valence-corrected chi connectivity index (χ0v) is 21.4. The maximum absolute atomic E-state index is 15.4. The number of hydrogen-bond donors (Lipinski definition) is 2. The fourth-order valence-electron chi connectivity index (χ4n) is 6.89. The van der Waals surface area contributed by atoms with Crippen LogP contribution in [-0.2, 0) is 20.8 Å². The molecule has 4 atom stereocenters. The molecule has 1 aromatic carbocycles. The predicted molar refractivity (Wildman–Crippen MR) is 134 cm³/mol. The van der Waals surface area contributed by atoms with Gasteiger partial charge in [-0.2, -0.15) is 13.2 Å². The van der Waals surface area contributed by atoms with Gasteiger partial charge in [-0.05, 0) is 38.1 Å². The van der Waals surface area contributed by atoms with Crippen molar-refractivity contribution >= 4 is 28.8 Å². The first kappa shape index (κ1) is 25.9. The molecule has 4 fully saturated rings. The van der Waals surface area contributed by atoms with Crippen LogP contribution in [0.15, 0.2) is 24.4 Å². The minimum Gasteiger partial charge on any atom is -0.377 e.